The Morgan fingerprint density at radius 2 is 2.06 bits per heavy atom. The first kappa shape index (κ1) is 25.4. The Bertz CT molecular complexity index is 1210. The van der Waals surface area contributed by atoms with Crippen LogP contribution in [0.4, 0.5) is 19.0 Å². The SMILES string of the molecule is CC(C(=O)Nc1ccc(Oc2ccc(F)cc2CO)cn1)N1CCC(F)(F)C(c2cc[n+]([O-])cc2)C1. The number of aliphatic hydroxyl groups is 1. The summed E-state index contributed by atoms with van der Waals surface area (Å²) in [5.74, 6) is -4.20. The molecule has 2 unspecified atom stereocenters. The highest BCUT2D eigenvalue weighted by Gasteiger charge is 2.46. The first-order chi connectivity index (χ1) is 17.2. The van der Waals surface area contributed by atoms with Crippen LogP contribution in [0, 0.1) is 11.0 Å². The van der Waals surface area contributed by atoms with E-state index in [0.29, 0.717) is 16.0 Å². The summed E-state index contributed by atoms with van der Waals surface area (Å²) in [5.41, 5.74) is 0.613. The molecule has 3 aromatic rings. The van der Waals surface area contributed by atoms with Crippen molar-refractivity contribution in [3.63, 3.8) is 0 Å². The summed E-state index contributed by atoms with van der Waals surface area (Å²) in [6, 6.07) is 8.87. The average molecular weight is 502 g/mol. The molecule has 1 aliphatic rings. The fraction of sp³-hybridized carbons (Fsp3) is 0.320. The molecule has 0 aliphatic carbocycles. The van der Waals surface area contributed by atoms with Crippen molar-refractivity contribution in [2.45, 2.75) is 37.8 Å². The van der Waals surface area contributed by atoms with Crippen molar-refractivity contribution in [2.24, 2.45) is 0 Å². The molecular weight excluding hydrogens is 477 g/mol. The van der Waals surface area contributed by atoms with Gasteiger partial charge in [-0.05, 0) is 42.8 Å². The number of halogens is 3. The van der Waals surface area contributed by atoms with Crippen LogP contribution in [-0.2, 0) is 11.4 Å². The summed E-state index contributed by atoms with van der Waals surface area (Å²) in [5, 5.41) is 23.3. The predicted octanol–water partition coefficient (Wildman–Crippen LogP) is 3.59. The van der Waals surface area contributed by atoms with Crippen molar-refractivity contribution in [2.75, 3.05) is 18.4 Å². The van der Waals surface area contributed by atoms with Gasteiger partial charge < -0.3 is 20.4 Å². The number of nitrogens with zero attached hydrogens (tertiary/aromatic N) is 3. The number of carbonyl (C=O) groups is 1. The maximum absolute atomic E-state index is 14.6. The highest BCUT2D eigenvalue weighted by molar-refractivity contribution is 5.93. The average Bonchev–Trinajstić information content (AvgIpc) is 2.86. The minimum atomic E-state index is -2.96. The lowest BCUT2D eigenvalue weighted by atomic mass is 9.87. The lowest BCUT2D eigenvalue weighted by Crippen LogP contribution is -2.52. The molecule has 1 aliphatic heterocycles. The Morgan fingerprint density at radius 1 is 1.31 bits per heavy atom. The van der Waals surface area contributed by atoms with E-state index in [1.807, 2.05) is 0 Å². The van der Waals surface area contributed by atoms with E-state index in [9.17, 15) is 28.3 Å². The number of carbonyl (C=O) groups excluding carboxylic acids is 1. The normalized spacial score (nSPS) is 18.4. The van der Waals surface area contributed by atoms with Gasteiger partial charge in [0.1, 0.15) is 23.1 Å². The van der Waals surface area contributed by atoms with Crippen molar-refractivity contribution >= 4 is 11.7 Å². The maximum Gasteiger partial charge on any atom is 0.257 e. The minimum absolute atomic E-state index is 0.0392. The number of alkyl halides is 2. The molecule has 8 nitrogen and oxygen atoms in total. The standard InChI is InChI=1S/C25H25F3N4O4/c1-16(31-11-8-25(27,28)21(14-31)17-6-9-32(35)10-7-17)24(34)30-23-5-3-20(13-29-23)36-22-4-2-19(26)12-18(22)15-33/h2-7,9-10,12-13,16,21,33H,8,11,14-15H2,1H3,(H,29,30,34). The Kier molecular flexibility index (Phi) is 7.41. The van der Waals surface area contributed by atoms with Crippen molar-refractivity contribution in [3.05, 3.63) is 83.2 Å². The third-order valence-electron chi connectivity index (χ3n) is 6.22. The Hall–Kier alpha value is -3.70. The molecule has 2 aromatic heterocycles. The molecule has 3 heterocycles. The van der Waals surface area contributed by atoms with Gasteiger partial charge in [0.05, 0.1) is 24.8 Å². The number of pyridine rings is 2. The first-order valence-corrected chi connectivity index (χ1v) is 11.3. The van der Waals surface area contributed by atoms with Crippen molar-refractivity contribution in [1.29, 1.82) is 0 Å². The lowest BCUT2D eigenvalue weighted by molar-refractivity contribution is -0.605. The Labute approximate surface area is 205 Å². The van der Waals surface area contributed by atoms with E-state index in [4.69, 9.17) is 4.74 Å². The summed E-state index contributed by atoms with van der Waals surface area (Å²) in [7, 11) is 0. The number of hydrogen-bond donors (Lipinski definition) is 2. The van der Waals surface area contributed by atoms with Gasteiger partial charge in [0.2, 0.25) is 5.91 Å². The molecule has 4 rings (SSSR count). The van der Waals surface area contributed by atoms with E-state index in [0.717, 1.165) is 6.07 Å². The smallest absolute Gasteiger partial charge is 0.257 e. The van der Waals surface area contributed by atoms with Crippen LogP contribution < -0.4 is 14.8 Å². The summed E-state index contributed by atoms with van der Waals surface area (Å²) >= 11 is 0. The van der Waals surface area contributed by atoms with Gasteiger partial charge >= 0.3 is 0 Å². The van der Waals surface area contributed by atoms with Crippen LogP contribution in [0.15, 0.2) is 61.1 Å². The highest BCUT2D eigenvalue weighted by atomic mass is 19.3. The van der Waals surface area contributed by atoms with E-state index in [2.05, 4.69) is 10.3 Å². The number of rotatable bonds is 7. The molecule has 0 radical (unpaired) electrons. The zero-order valence-electron chi connectivity index (χ0n) is 19.4. The first-order valence-electron chi connectivity index (χ1n) is 11.3. The molecule has 1 aromatic carbocycles. The molecule has 1 amide bonds. The van der Waals surface area contributed by atoms with Gasteiger partial charge in [-0.3, -0.25) is 9.69 Å². The van der Waals surface area contributed by atoms with Crippen LogP contribution in [0.25, 0.3) is 0 Å². The van der Waals surface area contributed by atoms with Crippen LogP contribution in [0.3, 0.4) is 0 Å². The number of aromatic nitrogens is 2. The number of anilines is 1. The summed E-state index contributed by atoms with van der Waals surface area (Å²) in [4.78, 5) is 18.7. The second-order valence-corrected chi connectivity index (χ2v) is 8.61. The molecule has 0 spiro atoms. The lowest BCUT2D eigenvalue weighted by Gasteiger charge is -2.40. The molecule has 0 saturated carbocycles. The van der Waals surface area contributed by atoms with Crippen LogP contribution in [0.2, 0.25) is 0 Å². The molecule has 1 fully saturated rings. The Balaban J connectivity index is 1.39. The highest BCUT2D eigenvalue weighted by Crippen LogP contribution is 2.40. The second kappa shape index (κ2) is 10.5. The summed E-state index contributed by atoms with van der Waals surface area (Å²) < 4.78 is 48.8. The third kappa shape index (κ3) is 5.74. The second-order valence-electron chi connectivity index (χ2n) is 8.61. The van der Waals surface area contributed by atoms with Gasteiger partial charge in [0, 0.05) is 37.2 Å². The summed E-state index contributed by atoms with van der Waals surface area (Å²) in [6.45, 7) is 1.22. The number of likely N-dealkylation sites (tertiary alicyclic amines) is 1. The fourth-order valence-electron chi connectivity index (χ4n) is 4.09. The molecule has 36 heavy (non-hydrogen) atoms. The van der Waals surface area contributed by atoms with E-state index >= 15 is 0 Å². The Morgan fingerprint density at radius 3 is 2.72 bits per heavy atom. The maximum atomic E-state index is 14.6. The van der Waals surface area contributed by atoms with E-state index in [1.165, 1.54) is 48.9 Å². The van der Waals surface area contributed by atoms with Crippen LogP contribution in [0.1, 0.15) is 30.4 Å². The van der Waals surface area contributed by atoms with Gasteiger partial charge in [-0.15, -0.1) is 0 Å². The molecule has 2 N–H and O–H groups in total. The molecule has 0 bridgehead atoms. The van der Waals surface area contributed by atoms with Crippen LogP contribution in [-0.4, -0.2) is 46.0 Å². The zero-order valence-corrected chi connectivity index (χ0v) is 19.4. The number of piperidine rings is 1. The van der Waals surface area contributed by atoms with E-state index in [-0.39, 0.29) is 30.2 Å². The van der Waals surface area contributed by atoms with Gasteiger partial charge in [-0.2, -0.15) is 4.73 Å². The van der Waals surface area contributed by atoms with Crippen molar-refractivity contribution in [3.8, 4) is 11.5 Å². The number of aliphatic hydroxyl groups excluding tert-OH is 1. The van der Waals surface area contributed by atoms with Gasteiger partial charge in [-0.25, -0.2) is 18.2 Å². The number of hydrogen-bond acceptors (Lipinski definition) is 6. The monoisotopic (exact) mass is 502 g/mol. The fourth-order valence-corrected chi connectivity index (χ4v) is 4.09. The predicted molar refractivity (Wildman–Crippen MR) is 124 cm³/mol. The topological polar surface area (TPSA) is 102 Å². The van der Waals surface area contributed by atoms with Gasteiger partial charge in [0.25, 0.3) is 5.92 Å². The number of ether oxygens (including phenoxy) is 1. The van der Waals surface area contributed by atoms with Gasteiger partial charge in [-0.1, -0.05) is 0 Å². The van der Waals surface area contributed by atoms with Crippen LogP contribution >= 0.6 is 0 Å². The minimum Gasteiger partial charge on any atom is -0.619 e. The third-order valence-corrected chi connectivity index (χ3v) is 6.22. The molecule has 190 valence electrons. The summed E-state index contributed by atoms with van der Waals surface area (Å²) in [6.07, 6.45) is 3.31. The molecular formula is C25H25F3N4O4. The number of nitrogens with one attached hydrogen (secondary N) is 1. The van der Waals surface area contributed by atoms with E-state index < -0.39 is 42.6 Å². The number of amides is 1. The molecule has 1 saturated heterocycles. The van der Waals surface area contributed by atoms with Gasteiger partial charge in [0.15, 0.2) is 12.4 Å². The van der Waals surface area contributed by atoms with Crippen molar-refractivity contribution in [1.82, 2.24) is 9.88 Å². The zero-order chi connectivity index (χ0) is 25.9. The van der Waals surface area contributed by atoms with E-state index in [1.54, 1.807) is 17.9 Å². The molecule has 11 heteroatoms. The number of benzene rings is 1. The van der Waals surface area contributed by atoms with Crippen LogP contribution in [0.5, 0.6) is 11.5 Å². The van der Waals surface area contributed by atoms with Crippen molar-refractivity contribution < 1.29 is 32.5 Å². The quantitative estimate of drug-likeness (QED) is 0.378. The largest absolute Gasteiger partial charge is 0.619 e. The molecule has 2 atom stereocenters.